The van der Waals surface area contributed by atoms with Gasteiger partial charge in [-0.05, 0) is 23.2 Å². The zero-order valence-corrected chi connectivity index (χ0v) is 13.6. The predicted molar refractivity (Wildman–Crippen MR) is 76.2 cm³/mol. The second kappa shape index (κ2) is 5.35. The van der Waals surface area contributed by atoms with Crippen LogP contribution >= 0.6 is 0 Å². The Bertz CT molecular complexity index is 897. The molecule has 21 heavy (non-hydrogen) atoms. The number of aromatic nitrogens is 2. The van der Waals surface area contributed by atoms with Crippen molar-refractivity contribution in [3.8, 4) is 11.4 Å². The van der Waals surface area contributed by atoms with E-state index in [4.69, 9.17) is 9.15 Å². The molecule has 2 heterocycles. The van der Waals surface area contributed by atoms with Crippen molar-refractivity contribution in [3.05, 3.63) is 54.9 Å². The summed E-state index contributed by atoms with van der Waals surface area (Å²) >= 11 is 0. The number of hydrogen-bond acceptors (Lipinski definition) is 3. The molecular weight excluding hydrogens is 444 g/mol. The number of furan rings is 1. The van der Waals surface area contributed by atoms with Crippen molar-refractivity contribution < 1.29 is 29.3 Å². The van der Waals surface area contributed by atoms with Gasteiger partial charge in [-0.25, -0.2) is 0 Å². The van der Waals surface area contributed by atoms with Crippen LogP contribution in [-0.2, 0) is 20.1 Å². The van der Waals surface area contributed by atoms with Gasteiger partial charge in [-0.2, -0.15) is 5.10 Å². The Morgan fingerprint density at radius 2 is 2.10 bits per heavy atom. The van der Waals surface area contributed by atoms with Crippen LogP contribution in [0.3, 0.4) is 0 Å². The molecular formula is C16H11IrN2O2-. The Kier molecular flexibility index (Phi) is 3.53. The second-order valence-electron chi connectivity index (χ2n) is 4.46. The van der Waals surface area contributed by atoms with Gasteiger partial charge in [-0.15, -0.1) is 12.1 Å². The summed E-state index contributed by atoms with van der Waals surface area (Å²) in [6.45, 7) is 0. The van der Waals surface area contributed by atoms with Crippen LogP contribution in [0.5, 0.6) is 5.75 Å². The van der Waals surface area contributed by atoms with Crippen LogP contribution in [-0.4, -0.2) is 16.9 Å². The SMILES string of the molecule is COc1c[c-]c(-n2cccn2)c2oc3ccccc3c12.[Ir]. The van der Waals surface area contributed by atoms with Gasteiger partial charge in [0.15, 0.2) is 0 Å². The van der Waals surface area contributed by atoms with E-state index in [1.807, 2.05) is 42.6 Å². The van der Waals surface area contributed by atoms with Crippen LogP contribution in [0, 0.1) is 6.07 Å². The van der Waals surface area contributed by atoms with Gasteiger partial charge in [0.25, 0.3) is 0 Å². The molecule has 0 bridgehead atoms. The fourth-order valence-corrected chi connectivity index (χ4v) is 2.46. The van der Waals surface area contributed by atoms with Gasteiger partial charge in [0.05, 0.1) is 12.7 Å². The van der Waals surface area contributed by atoms with Crippen molar-refractivity contribution in [1.82, 2.24) is 9.78 Å². The molecule has 0 saturated heterocycles. The molecule has 5 heteroatoms. The number of rotatable bonds is 2. The van der Waals surface area contributed by atoms with Crippen LogP contribution in [0.25, 0.3) is 27.6 Å². The van der Waals surface area contributed by atoms with Crippen molar-refractivity contribution in [2.24, 2.45) is 0 Å². The zero-order valence-electron chi connectivity index (χ0n) is 11.2. The van der Waals surface area contributed by atoms with Gasteiger partial charge in [-0.1, -0.05) is 18.2 Å². The van der Waals surface area contributed by atoms with Gasteiger partial charge in [0.2, 0.25) is 0 Å². The van der Waals surface area contributed by atoms with E-state index in [-0.39, 0.29) is 20.1 Å². The molecule has 1 radical (unpaired) electrons. The average molecular weight is 455 g/mol. The summed E-state index contributed by atoms with van der Waals surface area (Å²) in [5.74, 6) is 0.751. The van der Waals surface area contributed by atoms with E-state index in [0.29, 0.717) is 0 Å². The molecule has 4 nitrogen and oxygen atoms in total. The molecule has 0 fully saturated rings. The Morgan fingerprint density at radius 1 is 1.24 bits per heavy atom. The number of fused-ring (bicyclic) bond motifs is 3. The third-order valence-corrected chi connectivity index (χ3v) is 3.35. The molecule has 2 aromatic heterocycles. The van der Waals surface area contributed by atoms with Crippen LogP contribution in [0.1, 0.15) is 0 Å². The molecule has 0 saturated carbocycles. The first-order valence-electron chi connectivity index (χ1n) is 6.28. The molecule has 0 spiro atoms. The molecule has 4 rings (SSSR count). The van der Waals surface area contributed by atoms with Crippen molar-refractivity contribution >= 4 is 21.9 Å². The first-order valence-corrected chi connectivity index (χ1v) is 6.28. The summed E-state index contributed by atoms with van der Waals surface area (Å²) in [6.07, 6.45) is 3.59. The van der Waals surface area contributed by atoms with Crippen molar-refractivity contribution in [1.29, 1.82) is 0 Å². The largest absolute Gasteiger partial charge is 0.553 e. The molecule has 0 unspecified atom stereocenters. The molecule has 2 aromatic carbocycles. The van der Waals surface area contributed by atoms with Gasteiger partial charge in [-0.3, -0.25) is 4.68 Å². The monoisotopic (exact) mass is 456 g/mol. The topological polar surface area (TPSA) is 40.2 Å². The Hall–Kier alpha value is -2.10. The van der Waals surface area contributed by atoms with E-state index in [2.05, 4.69) is 11.2 Å². The van der Waals surface area contributed by atoms with Gasteiger partial charge < -0.3 is 9.15 Å². The number of methoxy groups -OCH3 is 1. The van der Waals surface area contributed by atoms with Gasteiger partial charge in [0.1, 0.15) is 5.58 Å². The molecule has 0 aliphatic carbocycles. The summed E-state index contributed by atoms with van der Waals surface area (Å²) in [7, 11) is 1.65. The Labute approximate surface area is 134 Å². The molecule has 0 aliphatic heterocycles. The molecule has 4 aromatic rings. The maximum atomic E-state index is 5.98. The minimum atomic E-state index is 0. The number of benzene rings is 2. The first-order chi connectivity index (χ1) is 9.88. The predicted octanol–water partition coefficient (Wildman–Crippen LogP) is 3.58. The number of para-hydroxylation sites is 1. The summed E-state index contributed by atoms with van der Waals surface area (Å²) in [5.41, 5.74) is 2.34. The standard InChI is InChI=1S/C16H11N2O2.Ir/c1-19-14-8-7-12(18-10-4-9-17-18)16-15(14)11-5-2-3-6-13(11)20-16;/h2-6,8-10H,1H3;/q-1;. The van der Waals surface area contributed by atoms with Crippen LogP contribution < -0.4 is 4.74 Å². The number of ether oxygens (including phenoxy) is 1. The molecule has 0 N–H and O–H groups in total. The fraction of sp³-hybridized carbons (Fsp3) is 0.0625. The van der Waals surface area contributed by atoms with Gasteiger partial charge in [0, 0.05) is 43.6 Å². The minimum absolute atomic E-state index is 0. The number of hydrogen-bond donors (Lipinski definition) is 0. The van der Waals surface area contributed by atoms with Crippen LogP contribution in [0.4, 0.5) is 0 Å². The normalized spacial score (nSPS) is 10.7. The molecule has 107 valence electrons. The third-order valence-electron chi connectivity index (χ3n) is 3.35. The van der Waals surface area contributed by atoms with E-state index < -0.39 is 0 Å². The van der Waals surface area contributed by atoms with E-state index in [9.17, 15) is 0 Å². The molecule has 0 amide bonds. The zero-order chi connectivity index (χ0) is 13.5. The average Bonchev–Trinajstić information content (AvgIpc) is 3.13. The van der Waals surface area contributed by atoms with E-state index in [1.54, 1.807) is 18.0 Å². The van der Waals surface area contributed by atoms with Crippen molar-refractivity contribution in [2.75, 3.05) is 7.11 Å². The Morgan fingerprint density at radius 3 is 2.86 bits per heavy atom. The molecule has 0 atom stereocenters. The second-order valence-corrected chi connectivity index (χ2v) is 4.46. The quantitative estimate of drug-likeness (QED) is 0.434. The summed E-state index contributed by atoms with van der Waals surface area (Å²) in [6, 6.07) is 14.8. The summed E-state index contributed by atoms with van der Waals surface area (Å²) in [5, 5.41) is 6.23. The summed E-state index contributed by atoms with van der Waals surface area (Å²) in [4.78, 5) is 0. The Balaban J connectivity index is 0.00000132. The first kappa shape index (κ1) is 13.9. The minimum Gasteiger partial charge on any atom is -0.553 e. The van der Waals surface area contributed by atoms with Gasteiger partial charge >= 0.3 is 0 Å². The van der Waals surface area contributed by atoms with E-state index in [1.165, 1.54) is 0 Å². The van der Waals surface area contributed by atoms with Crippen molar-refractivity contribution in [3.63, 3.8) is 0 Å². The van der Waals surface area contributed by atoms with Crippen LogP contribution in [0.15, 0.2) is 53.2 Å². The smallest absolute Gasteiger partial charge is 0.117 e. The maximum absolute atomic E-state index is 5.98. The van der Waals surface area contributed by atoms with E-state index in [0.717, 1.165) is 33.4 Å². The number of nitrogens with zero attached hydrogens (tertiary/aromatic N) is 2. The fourth-order valence-electron chi connectivity index (χ4n) is 2.46. The maximum Gasteiger partial charge on any atom is 0.117 e. The molecule has 0 aliphatic rings. The van der Waals surface area contributed by atoms with E-state index >= 15 is 0 Å². The van der Waals surface area contributed by atoms with Crippen molar-refractivity contribution in [2.45, 2.75) is 0 Å². The third kappa shape index (κ3) is 2.06. The van der Waals surface area contributed by atoms with Crippen LogP contribution in [0.2, 0.25) is 0 Å². The summed E-state index contributed by atoms with van der Waals surface area (Å²) < 4.78 is 13.2.